The first-order valence-electron chi connectivity index (χ1n) is 8.76. The Morgan fingerprint density at radius 2 is 1.76 bits per heavy atom. The first-order chi connectivity index (χ1) is 13.5. The van der Waals surface area contributed by atoms with Crippen LogP contribution in [0.5, 0.6) is 17.2 Å². The number of benzene rings is 1. The van der Waals surface area contributed by atoms with Gasteiger partial charge in [0, 0.05) is 24.8 Å². The number of nitrogens with zero attached hydrogens (tertiary/aromatic N) is 2. The summed E-state index contributed by atoms with van der Waals surface area (Å²) in [6.07, 6.45) is 0. The van der Waals surface area contributed by atoms with Gasteiger partial charge in [-0.1, -0.05) is 23.2 Å². The van der Waals surface area contributed by atoms with E-state index in [0.29, 0.717) is 46.5 Å². The average Bonchev–Trinajstić information content (AvgIpc) is 2.95. The Hall–Kier alpha value is -1.52. The zero-order chi connectivity index (χ0) is 20.7. The predicted molar refractivity (Wildman–Crippen MR) is 129 cm³/mol. The summed E-state index contributed by atoms with van der Waals surface area (Å²) in [5, 5.41) is 7.54. The average molecular weight is 557 g/mol. The Morgan fingerprint density at radius 3 is 2.28 bits per heavy atom. The monoisotopic (exact) mass is 556 g/mol. The van der Waals surface area contributed by atoms with Gasteiger partial charge in [-0.15, -0.1) is 24.0 Å². The van der Waals surface area contributed by atoms with Gasteiger partial charge < -0.3 is 29.4 Å². The SMILES string of the molecule is CCNC(=NCc1ccc(OC)c(OC)c1OC)NCc1cc(Cl)c(Cl)n1C.I. The quantitative estimate of drug-likeness (QED) is 0.289. The lowest BCUT2D eigenvalue weighted by molar-refractivity contribution is 0.322. The molecule has 162 valence electrons. The van der Waals surface area contributed by atoms with Crippen LogP contribution in [0.2, 0.25) is 10.2 Å². The van der Waals surface area contributed by atoms with Gasteiger partial charge in [0.2, 0.25) is 5.75 Å². The molecule has 1 heterocycles. The van der Waals surface area contributed by atoms with Crippen LogP contribution in [0.4, 0.5) is 0 Å². The highest BCUT2D eigenvalue weighted by Crippen LogP contribution is 2.39. The summed E-state index contributed by atoms with van der Waals surface area (Å²) in [6, 6.07) is 5.57. The molecule has 0 spiro atoms. The van der Waals surface area contributed by atoms with Crippen LogP contribution in [0.3, 0.4) is 0 Å². The molecule has 0 radical (unpaired) electrons. The van der Waals surface area contributed by atoms with E-state index in [1.165, 1.54) is 0 Å². The van der Waals surface area contributed by atoms with Crippen LogP contribution in [-0.2, 0) is 20.1 Å². The molecule has 1 aromatic heterocycles. The number of halogens is 3. The van der Waals surface area contributed by atoms with Gasteiger partial charge in [0.1, 0.15) is 5.15 Å². The summed E-state index contributed by atoms with van der Waals surface area (Å²) >= 11 is 12.2. The van der Waals surface area contributed by atoms with E-state index in [-0.39, 0.29) is 24.0 Å². The first kappa shape index (κ1) is 25.5. The summed E-state index contributed by atoms with van der Waals surface area (Å²) in [6.45, 7) is 3.65. The second-order valence-corrected chi connectivity index (χ2v) is 6.64. The minimum Gasteiger partial charge on any atom is -0.493 e. The number of guanidine groups is 1. The van der Waals surface area contributed by atoms with Gasteiger partial charge in [-0.25, -0.2) is 4.99 Å². The van der Waals surface area contributed by atoms with Crippen LogP contribution in [-0.4, -0.2) is 38.4 Å². The predicted octanol–water partition coefficient (Wildman–Crippen LogP) is 4.23. The summed E-state index contributed by atoms with van der Waals surface area (Å²) in [7, 11) is 6.63. The fraction of sp³-hybridized carbons (Fsp3) is 0.421. The standard InChI is InChI=1S/C19H26Cl2N4O3.HI/c1-6-22-19(24-11-13-9-14(20)18(21)25(13)2)23-10-12-7-8-15(26-3)17(28-5)16(12)27-4;/h7-9H,6,10-11H2,1-5H3,(H2,22,23,24);1H. The van der Waals surface area contributed by atoms with Gasteiger partial charge in [0.05, 0.1) is 39.4 Å². The molecule has 0 aliphatic heterocycles. The van der Waals surface area contributed by atoms with Crippen molar-refractivity contribution in [3.8, 4) is 17.2 Å². The maximum absolute atomic E-state index is 6.12. The molecule has 0 unspecified atom stereocenters. The zero-order valence-electron chi connectivity index (χ0n) is 17.1. The van der Waals surface area contributed by atoms with E-state index in [1.54, 1.807) is 21.3 Å². The van der Waals surface area contributed by atoms with Crippen molar-refractivity contribution in [2.24, 2.45) is 12.0 Å². The van der Waals surface area contributed by atoms with E-state index in [2.05, 4.69) is 15.6 Å². The van der Waals surface area contributed by atoms with Crippen LogP contribution in [0, 0.1) is 0 Å². The molecule has 0 saturated carbocycles. The molecule has 0 aliphatic rings. The number of hydrogen-bond donors (Lipinski definition) is 2. The second kappa shape index (κ2) is 12.2. The molecule has 0 atom stereocenters. The number of ether oxygens (including phenoxy) is 3. The van der Waals surface area contributed by atoms with Crippen molar-refractivity contribution in [1.29, 1.82) is 0 Å². The topological polar surface area (TPSA) is 69.0 Å². The van der Waals surface area contributed by atoms with Crippen LogP contribution in [0.1, 0.15) is 18.2 Å². The third-order valence-electron chi connectivity index (χ3n) is 4.19. The van der Waals surface area contributed by atoms with Gasteiger partial charge >= 0.3 is 0 Å². The minimum atomic E-state index is 0. The van der Waals surface area contributed by atoms with Gasteiger partial charge in [-0.3, -0.25) is 0 Å². The highest BCUT2D eigenvalue weighted by molar-refractivity contribution is 14.0. The Labute approximate surface area is 198 Å². The lowest BCUT2D eigenvalue weighted by atomic mass is 10.1. The van der Waals surface area contributed by atoms with Crippen LogP contribution < -0.4 is 24.8 Å². The van der Waals surface area contributed by atoms with Gasteiger partial charge in [-0.2, -0.15) is 0 Å². The maximum Gasteiger partial charge on any atom is 0.203 e. The van der Waals surface area contributed by atoms with E-state index in [0.717, 1.165) is 17.8 Å². The van der Waals surface area contributed by atoms with Gasteiger partial charge in [0.15, 0.2) is 17.5 Å². The van der Waals surface area contributed by atoms with Crippen molar-refractivity contribution in [2.45, 2.75) is 20.0 Å². The molecule has 2 aromatic rings. The molecule has 0 amide bonds. The van der Waals surface area contributed by atoms with Crippen molar-refractivity contribution in [1.82, 2.24) is 15.2 Å². The number of rotatable bonds is 8. The maximum atomic E-state index is 6.12. The fourth-order valence-corrected chi connectivity index (χ4v) is 3.14. The van der Waals surface area contributed by atoms with Crippen LogP contribution in [0.15, 0.2) is 23.2 Å². The summed E-state index contributed by atoms with van der Waals surface area (Å²) in [5.41, 5.74) is 1.83. The Balaban J connectivity index is 0.00000420. The number of aromatic nitrogens is 1. The number of methoxy groups -OCH3 is 3. The molecule has 0 bridgehead atoms. The fourth-order valence-electron chi connectivity index (χ4n) is 2.73. The molecule has 0 aliphatic carbocycles. The lowest BCUT2D eigenvalue weighted by Crippen LogP contribution is -2.37. The molecule has 1 aromatic carbocycles. The number of nitrogens with one attached hydrogen (secondary N) is 2. The minimum absolute atomic E-state index is 0. The van der Waals surface area contributed by atoms with Crippen molar-refractivity contribution >= 4 is 53.1 Å². The van der Waals surface area contributed by atoms with E-state index >= 15 is 0 Å². The lowest BCUT2D eigenvalue weighted by Gasteiger charge is -2.16. The Kier molecular flexibility index (Phi) is 10.8. The molecule has 7 nitrogen and oxygen atoms in total. The Morgan fingerprint density at radius 1 is 1.07 bits per heavy atom. The molecule has 29 heavy (non-hydrogen) atoms. The molecule has 2 N–H and O–H groups in total. The van der Waals surface area contributed by atoms with E-state index in [4.69, 9.17) is 37.4 Å². The third kappa shape index (κ3) is 6.23. The molecular weight excluding hydrogens is 530 g/mol. The largest absolute Gasteiger partial charge is 0.493 e. The van der Waals surface area contributed by atoms with E-state index < -0.39 is 0 Å². The normalized spacial score (nSPS) is 10.9. The zero-order valence-corrected chi connectivity index (χ0v) is 21.0. The molecule has 10 heteroatoms. The second-order valence-electron chi connectivity index (χ2n) is 5.88. The van der Waals surface area contributed by atoms with Crippen molar-refractivity contribution < 1.29 is 14.2 Å². The number of hydrogen-bond acceptors (Lipinski definition) is 4. The third-order valence-corrected chi connectivity index (χ3v) is 5.03. The summed E-state index contributed by atoms with van der Waals surface area (Å²) in [4.78, 5) is 4.64. The highest BCUT2D eigenvalue weighted by Gasteiger charge is 2.16. The molecule has 0 saturated heterocycles. The summed E-state index contributed by atoms with van der Waals surface area (Å²) < 4.78 is 18.1. The van der Waals surface area contributed by atoms with Crippen LogP contribution >= 0.6 is 47.2 Å². The van der Waals surface area contributed by atoms with Crippen LogP contribution in [0.25, 0.3) is 0 Å². The van der Waals surface area contributed by atoms with E-state index in [1.807, 2.05) is 36.7 Å². The van der Waals surface area contributed by atoms with Crippen molar-refractivity contribution in [3.05, 3.63) is 39.6 Å². The van der Waals surface area contributed by atoms with Gasteiger partial charge in [-0.05, 0) is 25.1 Å². The Bertz CT molecular complexity index is 843. The smallest absolute Gasteiger partial charge is 0.203 e. The van der Waals surface area contributed by atoms with Gasteiger partial charge in [0.25, 0.3) is 0 Å². The summed E-state index contributed by atoms with van der Waals surface area (Å²) in [5.74, 6) is 2.41. The number of aliphatic imine (C=N–C) groups is 1. The molecule has 2 rings (SSSR count). The molecule has 0 fully saturated rings. The van der Waals surface area contributed by atoms with Crippen molar-refractivity contribution in [3.63, 3.8) is 0 Å². The van der Waals surface area contributed by atoms with Crippen molar-refractivity contribution in [2.75, 3.05) is 27.9 Å². The molecular formula is C19H27Cl2IN4O3. The van der Waals surface area contributed by atoms with E-state index in [9.17, 15) is 0 Å². The first-order valence-corrected chi connectivity index (χ1v) is 9.51. The highest BCUT2D eigenvalue weighted by atomic mass is 127.